The standard InChI is InChI=1S/C9H11NOS/c1-11-9(10)7-3-5-8(12-2)6-4-7/h3-6,10H,1-2H3. The molecule has 64 valence electrons. The van der Waals surface area contributed by atoms with Crippen molar-refractivity contribution in [3.8, 4) is 0 Å². The van der Waals surface area contributed by atoms with E-state index in [2.05, 4.69) is 0 Å². The molecule has 0 unspecified atom stereocenters. The van der Waals surface area contributed by atoms with Crippen LogP contribution in [0.4, 0.5) is 0 Å². The Morgan fingerprint density at radius 2 is 1.92 bits per heavy atom. The lowest BCUT2D eigenvalue weighted by atomic mass is 10.2. The summed E-state index contributed by atoms with van der Waals surface area (Å²) in [5.74, 6) is 0.211. The number of nitrogens with one attached hydrogen (secondary N) is 1. The van der Waals surface area contributed by atoms with Crippen LogP contribution in [0.1, 0.15) is 5.56 Å². The first-order chi connectivity index (χ1) is 5.77. The van der Waals surface area contributed by atoms with E-state index in [1.807, 2.05) is 30.5 Å². The van der Waals surface area contributed by atoms with Crippen molar-refractivity contribution >= 4 is 17.7 Å². The maximum atomic E-state index is 7.38. The highest BCUT2D eigenvalue weighted by molar-refractivity contribution is 7.98. The number of hydrogen-bond donors (Lipinski definition) is 1. The van der Waals surface area contributed by atoms with Crippen LogP contribution in [0.5, 0.6) is 0 Å². The highest BCUT2D eigenvalue weighted by Gasteiger charge is 1.98. The SMILES string of the molecule is COC(=N)c1ccc(SC)cc1. The van der Waals surface area contributed by atoms with Crippen molar-refractivity contribution in [2.24, 2.45) is 0 Å². The fraction of sp³-hybridized carbons (Fsp3) is 0.222. The molecule has 2 nitrogen and oxygen atoms in total. The molecule has 0 radical (unpaired) electrons. The van der Waals surface area contributed by atoms with Crippen LogP contribution in [-0.2, 0) is 4.74 Å². The summed E-state index contributed by atoms with van der Waals surface area (Å²) in [5.41, 5.74) is 0.815. The number of rotatable bonds is 2. The first kappa shape index (κ1) is 9.13. The molecule has 0 aromatic heterocycles. The van der Waals surface area contributed by atoms with Crippen LogP contribution in [-0.4, -0.2) is 19.3 Å². The molecule has 1 aromatic rings. The van der Waals surface area contributed by atoms with Gasteiger partial charge in [-0.1, -0.05) is 0 Å². The van der Waals surface area contributed by atoms with E-state index in [1.54, 1.807) is 11.8 Å². The lowest BCUT2D eigenvalue weighted by molar-refractivity contribution is 0.401. The van der Waals surface area contributed by atoms with Crippen LogP contribution in [0.25, 0.3) is 0 Å². The monoisotopic (exact) mass is 181 g/mol. The Labute approximate surface area is 76.4 Å². The van der Waals surface area contributed by atoms with Gasteiger partial charge < -0.3 is 4.74 Å². The van der Waals surface area contributed by atoms with Crippen molar-refractivity contribution in [3.63, 3.8) is 0 Å². The summed E-state index contributed by atoms with van der Waals surface area (Å²) in [6, 6.07) is 7.73. The molecule has 0 amide bonds. The van der Waals surface area contributed by atoms with Gasteiger partial charge in [-0.25, -0.2) is 0 Å². The Kier molecular flexibility index (Phi) is 3.17. The Morgan fingerprint density at radius 3 is 2.33 bits per heavy atom. The molecule has 1 aromatic carbocycles. The molecule has 0 atom stereocenters. The predicted octanol–water partition coefficient (Wildman–Crippen LogP) is 2.38. The number of ether oxygens (including phenoxy) is 1. The third-order valence-electron chi connectivity index (χ3n) is 1.56. The van der Waals surface area contributed by atoms with Gasteiger partial charge in [0.25, 0.3) is 0 Å². The molecule has 0 aliphatic heterocycles. The zero-order valence-electron chi connectivity index (χ0n) is 7.13. The van der Waals surface area contributed by atoms with Crippen molar-refractivity contribution in [2.45, 2.75) is 4.90 Å². The second kappa shape index (κ2) is 4.16. The van der Waals surface area contributed by atoms with Gasteiger partial charge in [-0.15, -0.1) is 11.8 Å². The lowest BCUT2D eigenvalue weighted by Gasteiger charge is -2.02. The van der Waals surface area contributed by atoms with E-state index in [-0.39, 0.29) is 5.90 Å². The van der Waals surface area contributed by atoms with Gasteiger partial charge in [0.15, 0.2) is 0 Å². The van der Waals surface area contributed by atoms with Gasteiger partial charge in [0.1, 0.15) is 0 Å². The average molecular weight is 181 g/mol. The Balaban J connectivity index is 2.84. The summed E-state index contributed by atoms with van der Waals surface area (Å²) in [7, 11) is 1.50. The van der Waals surface area contributed by atoms with Gasteiger partial charge in [-0.2, -0.15) is 0 Å². The fourth-order valence-electron chi connectivity index (χ4n) is 0.860. The molecule has 0 spiro atoms. The second-order valence-electron chi connectivity index (χ2n) is 2.26. The molecular formula is C9H11NOS. The summed E-state index contributed by atoms with van der Waals surface area (Å²) >= 11 is 1.69. The minimum absolute atomic E-state index is 0.211. The maximum absolute atomic E-state index is 7.38. The van der Waals surface area contributed by atoms with Gasteiger partial charge in [-0.3, -0.25) is 5.41 Å². The molecule has 1 N–H and O–H groups in total. The van der Waals surface area contributed by atoms with Crippen molar-refractivity contribution < 1.29 is 4.74 Å². The number of benzene rings is 1. The van der Waals surface area contributed by atoms with Crippen LogP contribution in [0.2, 0.25) is 0 Å². The third kappa shape index (κ3) is 2.01. The molecular weight excluding hydrogens is 170 g/mol. The predicted molar refractivity (Wildman–Crippen MR) is 52.1 cm³/mol. The molecule has 1 rings (SSSR count). The molecule has 0 aliphatic rings. The first-order valence-electron chi connectivity index (χ1n) is 3.55. The minimum Gasteiger partial charge on any atom is -0.481 e. The van der Waals surface area contributed by atoms with Crippen molar-refractivity contribution in [1.82, 2.24) is 0 Å². The van der Waals surface area contributed by atoms with Gasteiger partial charge in [0, 0.05) is 10.5 Å². The molecule has 0 aliphatic carbocycles. The smallest absolute Gasteiger partial charge is 0.212 e. The van der Waals surface area contributed by atoms with Crippen molar-refractivity contribution in [1.29, 1.82) is 5.41 Å². The van der Waals surface area contributed by atoms with Gasteiger partial charge in [0.2, 0.25) is 5.90 Å². The van der Waals surface area contributed by atoms with Crippen LogP contribution in [0, 0.1) is 5.41 Å². The molecule has 0 heterocycles. The Bertz CT molecular complexity index is 268. The van der Waals surface area contributed by atoms with E-state index in [0.717, 1.165) is 5.56 Å². The van der Waals surface area contributed by atoms with Crippen LogP contribution in [0.15, 0.2) is 29.2 Å². The first-order valence-corrected chi connectivity index (χ1v) is 4.77. The summed E-state index contributed by atoms with van der Waals surface area (Å²) in [6.45, 7) is 0. The van der Waals surface area contributed by atoms with Gasteiger partial charge >= 0.3 is 0 Å². The molecule has 12 heavy (non-hydrogen) atoms. The Hall–Kier alpha value is -0.960. The minimum atomic E-state index is 0.211. The number of thioether (sulfide) groups is 1. The molecule has 3 heteroatoms. The van der Waals surface area contributed by atoms with E-state index in [1.165, 1.54) is 12.0 Å². The molecule has 0 bridgehead atoms. The van der Waals surface area contributed by atoms with Crippen LogP contribution < -0.4 is 0 Å². The van der Waals surface area contributed by atoms with Crippen molar-refractivity contribution in [3.05, 3.63) is 29.8 Å². The van der Waals surface area contributed by atoms with E-state index >= 15 is 0 Å². The largest absolute Gasteiger partial charge is 0.481 e. The zero-order valence-corrected chi connectivity index (χ0v) is 7.94. The topological polar surface area (TPSA) is 33.1 Å². The Morgan fingerprint density at radius 1 is 1.33 bits per heavy atom. The number of hydrogen-bond acceptors (Lipinski definition) is 3. The highest BCUT2D eigenvalue weighted by Crippen LogP contribution is 2.14. The zero-order chi connectivity index (χ0) is 8.97. The van der Waals surface area contributed by atoms with E-state index in [9.17, 15) is 0 Å². The summed E-state index contributed by atoms with van der Waals surface area (Å²) in [5, 5.41) is 7.38. The molecule has 0 saturated carbocycles. The molecule has 0 fully saturated rings. The summed E-state index contributed by atoms with van der Waals surface area (Å²) < 4.78 is 4.79. The second-order valence-corrected chi connectivity index (χ2v) is 3.14. The summed E-state index contributed by atoms with van der Waals surface area (Å²) in [6.07, 6.45) is 2.02. The van der Waals surface area contributed by atoms with Gasteiger partial charge in [0.05, 0.1) is 7.11 Å². The van der Waals surface area contributed by atoms with E-state index < -0.39 is 0 Å². The quantitative estimate of drug-likeness (QED) is 0.431. The average Bonchev–Trinajstić information content (AvgIpc) is 2.17. The third-order valence-corrected chi connectivity index (χ3v) is 2.30. The normalized spacial score (nSPS) is 9.50. The lowest BCUT2D eigenvalue weighted by Crippen LogP contribution is -2.00. The summed E-state index contributed by atoms with van der Waals surface area (Å²) in [4.78, 5) is 1.20. The molecule has 0 saturated heterocycles. The van der Waals surface area contributed by atoms with E-state index in [0.29, 0.717) is 0 Å². The maximum Gasteiger partial charge on any atom is 0.212 e. The van der Waals surface area contributed by atoms with Crippen LogP contribution >= 0.6 is 11.8 Å². The fourth-order valence-corrected chi connectivity index (χ4v) is 1.27. The highest BCUT2D eigenvalue weighted by atomic mass is 32.2. The van der Waals surface area contributed by atoms with Crippen LogP contribution in [0.3, 0.4) is 0 Å². The van der Waals surface area contributed by atoms with E-state index in [4.69, 9.17) is 10.1 Å². The van der Waals surface area contributed by atoms with Crippen molar-refractivity contribution in [2.75, 3.05) is 13.4 Å². The number of methoxy groups -OCH3 is 1. The van der Waals surface area contributed by atoms with Gasteiger partial charge in [-0.05, 0) is 30.5 Å².